The Bertz CT molecular complexity index is 476. The van der Waals surface area contributed by atoms with E-state index in [-0.39, 0.29) is 5.12 Å². The van der Waals surface area contributed by atoms with Gasteiger partial charge >= 0.3 is 0 Å². The lowest BCUT2D eigenvalue weighted by Gasteiger charge is -2.14. The molecule has 0 aliphatic carbocycles. The van der Waals surface area contributed by atoms with E-state index < -0.39 is 0 Å². The fraction of sp³-hybridized carbons (Fsp3) is 0.667. The second kappa shape index (κ2) is 11.5. The first-order valence-electron chi connectivity index (χ1n) is 7.52. The number of carbonyl (C=O) groups is 1. The quantitative estimate of drug-likeness (QED) is 0.374. The molecule has 1 atom stereocenters. The highest BCUT2D eigenvalue weighted by atomic mass is 32.2. The first kappa shape index (κ1) is 20.1. The molecule has 22 heavy (non-hydrogen) atoms. The molecule has 1 aromatic heterocycles. The van der Waals surface area contributed by atoms with E-state index in [9.17, 15) is 4.79 Å². The van der Waals surface area contributed by atoms with Gasteiger partial charge in [0.05, 0.1) is 0 Å². The van der Waals surface area contributed by atoms with Crippen molar-refractivity contribution in [3.8, 4) is 0 Å². The summed E-state index contributed by atoms with van der Waals surface area (Å²) in [6, 6.07) is 0. The molecule has 0 saturated heterocycles. The van der Waals surface area contributed by atoms with Crippen molar-refractivity contribution in [1.82, 2.24) is 10.2 Å². The van der Waals surface area contributed by atoms with Gasteiger partial charge in [0.25, 0.3) is 0 Å². The van der Waals surface area contributed by atoms with Gasteiger partial charge in [0.2, 0.25) is 5.12 Å². The number of hydrogen-bond acceptors (Lipinski definition) is 7. The van der Waals surface area contributed by atoms with Crippen LogP contribution in [-0.4, -0.2) is 32.1 Å². The van der Waals surface area contributed by atoms with Crippen LogP contribution in [0.2, 0.25) is 0 Å². The third-order valence-corrected chi connectivity index (χ3v) is 7.78. The molecular weight excluding hydrogens is 352 g/mol. The highest BCUT2D eigenvalue weighted by Crippen LogP contribution is 2.32. The Hall–Kier alpha value is 0.0200. The van der Waals surface area contributed by atoms with E-state index in [1.807, 2.05) is 0 Å². The van der Waals surface area contributed by atoms with Gasteiger partial charge in [0.1, 0.15) is 0 Å². The molecule has 0 bridgehead atoms. The van der Waals surface area contributed by atoms with Crippen LogP contribution in [0.5, 0.6) is 0 Å². The van der Waals surface area contributed by atoms with Crippen molar-refractivity contribution in [2.24, 2.45) is 0 Å². The molecule has 0 N–H and O–H groups in total. The Kier molecular flexibility index (Phi) is 10.5. The maximum Gasteiger partial charge on any atom is 0.214 e. The van der Waals surface area contributed by atoms with Gasteiger partial charge in [-0.1, -0.05) is 79.9 Å². The molecule has 1 heterocycles. The van der Waals surface area contributed by atoms with Gasteiger partial charge in [-0.25, -0.2) is 0 Å². The lowest BCUT2D eigenvalue weighted by Crippen LogP contribution is -2.10. The van der Waals surface area contributed by atoms with E-state index >= 15 is 0 Å². The van der Waals surface area contributed by atoms with Gasteiger partial charge in [-0.05, 0) is 25.3 Å². The summed E-state index contributed by atoms with van der Waals surface area (Å²) in [7, 11) is 0. The molecule has 0 aromatic carbocycles. The van der Waals surface area contributed by atoms with Crippen molar-refractivity contribution in [3.05, 3.63) is 12.2 Å². The standard InChI is InChI=1S/C15H24N2OS4/c1-5-7-8-12(21-13(18)11(3)4)10-20-15-17-16-14(22-15)19-9-6-2/h12H,3,5-10H2,1-2,4H3. The van der Waals surface area contributed by atoms with Crippen LogP contribution in [0, 0.1) is 0 Å². The lowest BCUT2D eigenvalue weighted by atomic mass is 10.2. The predicted octanol–water partition coefficient (Wildman–Crippen LogP) is 5.53. The Balaban J connectivity index is 2.49. The van der Waals surface area contributed by atoms with Crippen LogP contribution in [0.3, 0.4) is 0 Å². The largest absolute Gasteiger partial charge is 0.282 e. The molecule has 3 nitrogen and oxygen atoms in total. The minimum Gasteiger partial charge on any atom is -0.282 e. The molecule has 0 aliphatic heterocycles. The maximum atomic E-state index is 11.9. The minimum absolute atomic E-state index is 0.109. The van der Waals surface area contributed by atoms with E-state index in [1.165, 1.54) is 11.8 Å². The Morgan fingerprint density at radius 1 is 1.23 bits per heavy atom. The number of aromatic nitrogens is 2. The van der Waals surface area contributed by atoms with E-state index in [1.54, 1.807) is 41.8 Å². The summed E-state index contributed by atoms with van der Waals surface area (Å²) < 4.78 is 2.04. The third-order valence-electron chi connectivity index (χ3n) is 2.71. The number of thioether (sulfide) groups is 3. The van der Waals surface area contributed by atoms with E-state index in [0.717, 1.165) is 45.9 Å². The highest BCUT2D eigenvalue weighted by Gasteiger charge is 2.16. The summed E-state index contributed by atoms with van der Waals surface area (Å²) in [6.45, 7) is 9.86. The number of hydrogen-bond donors (Lipinski definition) is 0. The molecule has 1 rings (SSSR count). The molecule has 0 aliphatic rings. The first-order chi connectivity index (χ1) is 10.6. The molecule has 0 saturated carbocycles. The molecule has 7 heteroatoms. The van der Waals surface area contributed by atoms with Crippen molar-refractivity contribution >= 4 is 51.7 Å². The number of nitrogens with zero attached hydrogens (tertiary/aromatic N) is 2. The molecular formula is C15H24N2OS4. The van der Waals surface area contributed by atoms with E-state index in [0.29, 0.717) is 10.8 Å². The monoisotopic (exact) mass is 376 g/mol. The summed E-state index contributed by atoms with van der Waals surface area (Å²) in [5.74, 6) is 1.98. The average Bonchev–Trinajstić information content (AvgIpc) is 2.95. The average molecular weight is 377 g/mol. The van der Waals surface area contributed by atoms with Crippen LogP contribution in [0.25, 0.3) is 0 Å². The van der Waals surface area contributed by atoms with Crippen molar-refractivity contribution in [3.63, 3.8) is 0 Å². The summed E-state index contributed by atoms with van der Waals surface area (Å²) in [4.78, 5) is 11.9. The minimum atomic E-state index is 0.109. The topological polar surface area (TPSA) is 42.9 Å². The Morgan fingerprint density at radius 3 is 2.50 bits per heavy atom. The Morgan fingerprint density at radius 2 is 1.91 bits per heavy atom. The van der Waals surface area contributed by atoms with Crippen LogP contribution >= 0.6 is 46.6 Å². The number of carbonyl (C=O) groups excluding carboxylic acids is 1. The smallest absolute Gasteiger partial charge is 0.214 e. The molecule has 0 spiro atoms. The van der Waals surface area contributed by atoms with Crippen LogP contribution in [0.1, 0.15) is 46.5 Å². The lowest BCUT2D eigenvalue weighted by molar-refractivity contribution is -0.107. The molecule has 1 unspecified atom stereocenters. The van der Waals surface area contributed by atoms with Crippen LogP contribution < -0.4 is 0 Å². The summed E-state index contributed by atoms with van der Waals surface area (Å²) in [5, 5.41) is 8.87. The van der Waals surface area contributed by atoms with Gasteiger partial charge in [0, 0.05) is 16.8 Å². The zero-order valence-corrected chi connectivity index (χ0v) is 16.7. The predicted molar refractivity (Wildman–Crippen MR) is 102 cm³/mol. The number of rotatable bonds is 11. The van der Waals surface area contributed by atoms with Gasteiger partial charge in [-0.3, -0.25) is 4.79 Å². The normalized spacial score (nSPS) is 12.3. The highest BCUT2D eigenvalue weighted by molar-refractivity contribution is 8.15. The summed E-state index contributed by atoms with van der Waals surface area (Å²) in [6.07, 6.45) is 4.50. The van der Waals surface area contributed by atoms with Crippen LogP contribution in [0.15, 0.2) is 20.8 Å². The molecule has 124 valence electrons. The first-order valence-corrected chi connectivity index (χ1v) is 11.2. The fourth-order valence-electron chi connectivity index (χ4n) is 1.53. The van der Waals surface area contributed by atoms with Gasteiger partial charge in [0.15, 0.2) is 8.68 Å². The van der Waals surface area contributed by atoms with Crippen LogP contribution in [-0.2, 0) is 4.79 Å². The second-order valence-corrected chi connectivity index (χ2v) is 9.80. The summed E-state index contributed by atoms with van der Waals surface area (Å²) in [5.41, 5.74) is 0.630. The molecule has 0 radical (unpaired) electrons. The van der Waals surface area contributed by atoms with Crippen molar-refractivity contribution < 1.29 is 4.79 Å². The van der Waals surface area contributed by atoms with Crippen molar-refractivity contribution in [2.75, 3.05) is 11.5 Å². The van der Waals surface area contributed by atoms with Crippen LogP contribution in [0.4, 0.5) is 0 Å². The Labute approximate surface area is 150 Å². The molecule has 0 amide bonds. The summed E-state index contributed by atoms with van der Waals surface area (Å²) >= 11 is 6.56. The van der Waals surface area contributed by atoms with Gasteiger partial charge in [-0.2, -0.15) is 0 Å². The zero-order valence-electron chi connectivity index (χ0n) is 13.5. The number of unbranched alkanes of at least 4 members (excludes halogenated alkanes) is 1. The molecule has 1 aromatic rings. The van der Waals surface area contributed by atoms with Gasteiger partial charge < -0.3 is 0 Å². The van der Waals surface area contributed by atoms with E-state index in [4.69, 9.17) is 0 Å². The second-order valence-electron chi connectivity index (χ2n) is 4.94. The third kappa shape index (κ3) is 8.04. The van der Waals surface area contributed by atoms with Crippen molar-refractivity contribution in [1.29, 1.82) is 0 Å². The van der Waals surface area contributed by atoms with E-state index in [2.05, 4.69) is 30.6 Å². The fourth-order valence-corrected chi connectivity index (χ4v) is 5.73. The van der Waals surface area contributed by atoms with Crippen molar-refractivity contribution in [2.45, 2.75) is 60.4 Å². The maximum absolute atomic E-state index is 11.9. The van der Waals surface area contributed by atoms with Gasteiger partial charge in [-0.15, -0.1) is 10.2 Å². The SMILES string of the molecule is C=C(C)C(=O)SC(CCCC)CSc1nnc(SCCC)s1. The zero-order chi connectivity index (χ0) is 16.4. The molecule has 0 fully saturated rings.